The minimum absolute atomic E-state index is 0.212. The molecule has 0 aromatic rings. The summed E-state index contributed by atoms with van der Waals surface area (Å²) in [5.74, 6) is -0.212. The van der Waals surface area contributed by atoms with Crippen LogP contribution in [0.25, 0.3) is 0 Å². The molecule has 0 fully saturated rings. The van der Waals surface area contributed by atoms with Gasteiger partial charge in [0, 0.05) is 0 Å². The number of allylic oxidation sites excluding steroid dienone is 2. The molecule has 0 saturated heterocycles. The molecular weight excluding hydrogens is 164 g/mol. The summed E-state index contributed by atoms with van der Waals surface area (Å²) in [5.41, 5.74) is 1.89. The Balaban J connectivity index is 2.77. The van der Waals surface area contributed by atoms with Gasteiger partial charge in [0.1, 0.15) is 0 Å². The summed E-state index contributed by atoms with van der Waals surface area (Å²) in [5, 5.41) is 0. The van der Waals surface area contributed by atoms with Crippen molar-refractivity contribution in [2.45, 2.75) is 32.6 Å². The van der Waals surface area contributed by atoms with Crippen molar-refractivity contribution < 1.29 is 9.53 Å². The Bertz CT molecular complexity index is 249. The standard InChI is InChI=1S/C11H16O2/c1-3-10(11(12)13-2)9-7-5-4-6-8-9/h3,7H,4-6,8H2,1-2H3. The molecule has 1 aliphatic carbocycles. The van der Waals surface area contributed by atoms with E-state index in [9.17, 15) is 4.79 Å². The molecule has 0 N–H and O–H groups in total. The van der Waals surface area contributed by atoms with Crippen molar-refractivity contribution in [1.82, 2.24) is 0 Å². The van der Waals surface area contributed by atoms with Gasteiger partial charge in [0.2, 0.25) is 0 Å². The average molecular weight is 180 g/mol. The monoisotopic (exact) mass is 180 g/mol. The van der Waals surface area contributed by atoms with Crippen LogP contribution < -0.4 is 0 Å². The number of rotatable bonds is 2. The van der Waals surface area contributed by atoms with Gasteiger partial charge in [-0.05, 0) is 38.2 Å². The van der Waals surface area contributed by atoms with Crippen LogP contribution in [0.4, 0.5) is 0 Å². The molecule has 2 nitrogen and oxygen atoms in total. The Kier molecular flexibility index (Phi) is 3.74. The van der Waals surface area contributed by atoms with Crippen LogP contribution >= 0.6 is 0 Å². The molecule has 13 heavy (non-hydrogen) atoms. The van der Waals surface area contributed by atoms with Crippen LogP contribution in [0.2, 0.25) is 0 Å². The fourth-order valence-corrected chi connectivity index (χ4v) is 1.63. The van der Waals surface area contributed by atoms with Crippen molar-refractivity contribution >= 4 is 5.97 Å². The zero-order chi connectivity index (χ0) is 9.68. The summed E-state index contributed by atoms with van der Waals surface area (Å²) in [7, 11) is 1.43. The molecule has 0 amide bonds. The Morgan fingerprint density at radius 3 is 2.77 bits per heavy atom. The van der Waals surface area contributed by atoms with Gasteiger partial charge in [0.05, 0.1) is 12.7 Å². The molecule has 0 radical (unpaired) electrons. The average Bonchev–Trinajstić information content (AvgIpc) is 2.20. The van der Waals surface area contributed by atoms with E-state index in [4.69, 9.17) is 4.74 Å². The number of carbonyl (C=O) groups is 1. The predicted molar refractivity (Wildman–Crippen MR) is 52.3 cm³/mol. The molecule has 0 spiro atoms. The number of methoxy groups -OCH3 is 1. The highest BCUT2D eigenvalue weighted by atomic mass is 16.5. The SMILES string of the molecule is CC=C(C(=O)OC)C1=CCCCC1. The molecule has 0 aromatic heterocycles. The number of hydrogen-bond donors (Lipinski definition) is 0. The highest BCUT2D eigenvalue weighted by molar-refractivity contribution is 5.93. The highest BCUT2D eigenvalue weighted by Crippen LogP contribution is 2.24. The van der Waals surface area contributed by atoms with Gasteiger partial charge >= 0.3 is 5.97 Å². The highest BCUT2D eigenvalue weighted by Gasteiger charge is 2.15. The van der Waals surface area contributed by atoms with E-state index in [0.717, 1.165) is 24.0 Å². The number of carbonyl (C=O) groups excluding carboxylic acids is 1. The van der Waals surface area contributed by atoms with Crippen LogP contribution in [0.5, 0.6) is 0 Å². The van der Waals surface area contributed by atoms with Gasteiger partial charge in [-0.25, -0.2) is 4.79 Å². The Morgan fingerprint density at radius 1 is 1.54 bits per heavy atom. The number of hydrogen-bond acceptors (Lipinski definition) is 2. The van der Waals surface area contributed by atoms with Crippen LogP contribution in [0, 0.1) is 0 Å². The maximum Gasteiger partial charge on any atom is 0.337 e. The van der Waals surface area contributed by atoms with Crippen molar-refractivity contribution in [1.29, 1.82) is 0 Å². The van der Waals surface area contributed by atoms with E-state index >= 15 is 0 Å². The fraction of sp³-hybridized carbons (Fsp3) is 0.545. The molecule has 0 atom stereocenters. The summed E-state index contributed by atoms with van der Waals surface area (Å²) >= 11 is 0. The van der Waals surface area contributed by atoms with E-state index in [-0.39, 0.29) is 5.97 Å². The summed E-state index contributed by atoms with van der Waals surface area (Å²) in [6.45, 7) is 1.88. The molecule has 1 aliphatic rings. The van der Waals surface area contributed by atoms with E-state index in [2.05, 4.69) is 6.08 Å². The first-order valence-electron chi connectivity index (χ1n) is 4.73. The Hall–Kier alpha value is -1.05. The first-order valence-corrected chi connectivity index (χ1v) is 4.73. The molecule has 0 aromatic carbocycles. The molecular formula is C11H16O2. The second kappa shape index (κ2) is 4.85. The maximum atomic E-state index is 11.3. The Morgan fingerprint density at radius 2 is 2.31 bits per heavy atom. The minimum atomic E-state index is -0.212. The van der Waals surface area contributed by atoms with Crippen LogP contribution in [-0.4, -0.2) is 13.1 Å². The molecule has 1 rings (SSSR count). The summed E-state index contributed by atoms with van der Waals surface area (Å²) in [4.78, 5) is 11.3. The summed E-state index contributed by atoms with van der Waals surface area (Å²) in [6.07, 6.45) is 8.50. The van der Waals surface area contributed by atoms with Crippen LogP contribution in [0.3, 0.4) is 0 Å². The van der Waals surface area contributed by atoms with Gasteiger partial charge in [-0.15, -0.1) is 0 Å². The van der Waals surface area contributed by atoms with E-state index in [1.165, 1.54) is 20.0 Å². The van der Waals surface area contributed by atoms with Gasteiger partial charge < -0.3 is 4.74 Å². The number of esters is 1. The summed E-state index contributed by atoms with van der Waals surface area (Å²) < 4.78 is 4.71. The van der Waals surface area contributed by atoms with Crippen LogP contribution in [0.1, 0.15) is 32.6 Å². The molecule has 2 heteroatoms. The molecule has 0 unspecified atom stereocenters. The molecule has 0 bridgehead atoms. The van der Waals surface area contributed by atoms with Crippen molar-refractivity contribution in [2.75, 3.05) is 7.11 Å². The van der Waals surface area contributed by atoms with Gasteiger partial charge in [-0.2, -0.15) is 0 Å². The third-order valence-electron chi connectivity index (χ3n) is 2.33. The molecule has 72 valence electrons. The lowest BCUT2D eigenvalue weighted by Gasteiger charge is -2.13. The van der Waals surface area contributed by atoms with E-state index in [1.807, 2.05) is 13.0 Å². The molecule has 0 heterocycles. The first-order chi connectivity index (χ1) is 6.29. The first kappa shape index (κ1) is 10.0. The van der Waals surface area contributed by atoms with Gasteiger partial charge in [0.25, 0.3) is 0 Å². The van der Waals surface area contributed by atoms with Crippen molar-refractivity contribution in [3.8, 4) is 0 Å². The van der Waals surface area contributed by atoms with E-state index in [1.54, 1.807) is 0 Å². The van der Waals surface area contributed by atoms with Crippen molar-refractivity contribution in [3.63, 3.8) is 0 Å². The largest absolute Gasteiger partial charge is 0.465 e. The lowest BCUT2D eigenvalue weighted by atomic mass is 9.93. The number of ether oxygens (including phenoxy) is 1. The normalized spacial score (nSPS) is 18.0. The summed E-state index contributed by atoms with van der Waals surface area (Å²) in [6, 6.07) is 0. The third-order valence-corrected chi connectivity index (χ3v) is 2.33. The van der Waals surface area contributed by atoms with Crippen LogP contribution in [-0.2, 0) is 9.53 Å². The molecule has 0 saturated carbocycles. The minimum Gasteiger partial charge on any atom is -0.465 e. The second-order valence-corrected chi connectivity index (χ2v) is 3.17. The zero-order valence-electron chi connectivity index (χ0n) is 8.30. The maximum absolute atomic E-state index is 11.3. The van der Waals surface area contributed by atoms with Gasteiger partial charge in [-0.1, -0.05) is 12.2 Å². The van der Waals surface area contributed by atoms with Crippen LogP contribution in [0.15, 0.2) is 23.3 Å². The predicted octanol–water partition coefficient (Wildman–Crippen LogP) is 2.61. The van der Waals surface area contributed by atoms with Crippen molar-refractivity contribution in [3.05, 3.63) is 23.3 Å². The van der Waals surface area contributed by atoms with Gasteiger partial charge in [-0.3, -0.25) is 0 Å². The van der Waals surface area contributed by atoms with Crippen molar-refractivity contribution in [2.24, 2.45) is 0 Å². The smallest absolute Gasteiger partial charge is 0.337 e. The lowest BCUT2D eigenvalue weighted by Crippen LogP contribution is -2.08. The third kappa shape index (κ3) is 2.44. The second-order valence-electron chi connectivity index (χ2n) is 3.17. The van der Waals surface area contributed by atoms with E-state index < -0.39 is 0 Å². The quantitative estimate of drug-likeness (QED) is 0.482. The zero-order valence-corrected chi connectivity index (χ0v) is 8.30. The Labute approximate surface area is 79.3 Å². The topological polar surface area (TPSA) is 26.3 Å². The lowest BCUT2D eigenvalue weighted by molar-refractivity contribution is -0.135. The molecule has 0 aliphatic heterocycles. The van der Waals surface area contributed by atoms with Gasteiger partial charge in [0.15, 0.2) is 0 Å². The van der Waals surface area contributed by atoms with E-state index in [0.29, 0.717) is 0 Å². The fourth-order valence-electron chi connectivity index (χ4n) is 1.63.